The number of hydrogen-bond acceptors (Lipinski definition) is 2. The topological polar surface area (TPSA) is 17.3 Å². The molecule has 0 amide bonds. The van der Waals surface area contributed by atoms with Gasteiger partial charge in [0.05, 0.1) is 12.2 Å². The molecule has 0 spiro atoms. The van der Waals surface area contributed by atoms with Gasteiger partial charge in [-0.1, -0.05) is 28.1 Å². The van der Waals surface area contributed by atoms with Crippen LogP contribution in [0, 0.1) is 0 Å². The third-order valence-corrected chi connectivity index (χ3v) is 4.70. The van der Waals surface area contributed by atoms with Gasteiger partial charge in [-0.25, -0.2) is 0 Å². The molecule has 2 nitrogen and oxygen atoms in total. The van der Waals surface area contributed by atoms with Gasteiger partial charge in [0.1, 0.15) is 10.6 Å². The van der Waals surface area contributed by atoms with Crippen molar-refractivity contribution in [2.75, 3.05) is 6.26 Å². The van der Waals surface area contributed by atoms with Crippen LogP contribution >= 0.6 is 27.7 Å². The van der Waals surface area contributed by atoms with Gasteiger partial charge in [0, 0.05) is 10.7 Å². The Bertz CT molecular complexity index is 647. The van der Waals surface area contributed by atoms with E-state index in [2.05, 4.69) is 76.3 Å². The molecule has 0 radical (unpaired) electrons. The van der Waals surface area contributed by atoms with Crippen LogP contribution < -0.4 is 0 Å². The summed E-state index contributed by atoms with van der Waals surface area (Å²) in [7, 11) is 0. The predicted molar refractivity (Wildman–Crippen MR) is 86.0 cm³/mol. The second-order valence-electron chi connectivity index (χ2n) is 4.93. The van der Waals surface area contributed by atoms with Crippen molar-refractivity contribution in [2.45, 2.75) is 19.0 Å². The third-order valence-electron chi connectivity index (χ3n) is 3.52. The first kappa shape index (κ1) is 13.0. The van der Waals surface area contributed by atoms with E-state index < -0.39 is 0 Å². The monoisotopic (exact) mass is 334 g/mol. The van der Waals surface area contributed by atoms with Gasteiger partial charge in [-0.15, -0.1) is 11.8 Å². The van der Waals surface area contributed by atoms with Crippen LogP contribution in [0.15, 0.2) is 52.1 Å². The number of aliphatic imine (C=N–C) groups is 1. The Morgan fingerprint density at radius 3 is 2.89 bits per heavy atom. The van der Waals surface area contributed by atoms with Gasteiger partial charge in [-0.05, 0) is 43.0 Å². The molecule has 4 heteroatoms. The molecule has 3 rings (SSSR count). The zero-order chi connectivity index (χ0) is 13.5. The first-order chi connectivity index (χ1) is 9.12. The Morgan fingerprint density at radius 2 is 2.16 bits per heavy atom. The lowest BCUT2D eigenvalue weighted by Crippen LogP contribution is -2.32. The molecule has 0 N–H and O–H groups in total. The minimum atomic E-state index is -0.200. The Labute approximate surface area is 126 Å². The van der Waals surface area contributed by atoms with Gasteiger partial charge in [0.15, 0.2) is 0 Å². The van der Waals surface area contributed by atoms with Gasteiger partial charge in [-0.3, -0.25) is 4.99 Å². The molecule has 1 aromatic carbocycles. The Hall–Kier alpha value is -1.00. The maximum atomic E-state index is 5.00. The number of aromatic nitrogens is 1. The van der Waals surface area contributed by atoms with Crippen molar-refractivity contribution in [2.24, 2.45) is 4.99 Å². The Kier molecular flexibility index (Phi) is 3.31. The summed E-state index contributed by atoms with van der Waals surface area (Å²) >= 11 is 5.26. The van der Waals surface area contributed by atoms with Crippen molar-refractivity contribution in [1.82, 2.24) is 4.57 Å². The van der Waals surface area contributed by atoms with E-state index >= 15 is 0 Å². The van der Waals surface area contributed by atoms with Crippen LogP contribution in [0.2, 0.25) is 0 Å². The molecule has 0 bridgehead atoms. The number of nitrogens with zero attached hydrogens (tertiary/aromatic N) is 2. The molecule has 1 aliphatic rings. The zero-order valence-corrected chi connectivity index (χ0v) is 13.3. The maximum Gasteiger partial charge on any atom is 0.115 e. The van der Waals surface area contributed by atoms with E-state index in [0.29, 0.717) is 0 Å². The minimum Gasteiger partial charge on any atom is -0.343 e. The van der Waals surface area contributed by atoms with E-state index in [1.165, 1.54) is 11.3 Å². The van der Waals surface area contributed by atoms with E-state index in [9.17, 15) is 0 Å². The number of fused-ring (bicyclic) bond motifs is 1. The molecule has 0 aliphatic carbocycles. The SMILES string of the molecule is CSC1=NC(C)(c2cccc(Br)c2)Cn2cccc21. The number of rotatable bonds is 1. The van der Waals surface area contributed by atoms with E-state index in [1.54, 1.807) is 11.8 Å². The molecule has 1 aromatic heterocycles. The summed E-state index contributed by atoms with van der Waals surface area (Å²) in [6, 6.07) is 12.7. The molecule has 0 saturated carbocycles. The van der Waals surface area contributed by atoms with Crippen LogP contribution in [0.25, 0.3) is 0 Å². The summed E-state index contributed by atoms with van der Waals surface area (Å²) in [6.07, 6.45) is 4.22. The predicted octanol–water partition coefficient (Wildman–Crippen LogP) is 4.29. The lowest BCUT2D eigenvalue weighted by Gasteiger charge is -2.32. The van der Waals surface area contributed by atoms with Crippen molar-refractivity contribution < 1.29 is 0 Å². The van der Waals surface area contributed by atoms with Crippen LogP contribution in [-0.2, 0) is 12.1 Å². The van der Waals surface area contributed by atoms with Crippen LogP contribution in [0.1, 0.15) is 18.2 Å². The molecule has 2 heterocycles. The first-order valence-electron chi connectivity index (χ1n) is 6.18. The van der Waals surface area contributed by atoms with Crippen molar-refractivity contribution in [1.29, 1.82) is 0 Å². The van der Waals surface area contributed by atoms with Crippen molar-refractivity contribution in [3.8, 4) is 0 Å². The fourth-order valence-electron chi connectivity index (χ4n) is 2.52. The standard InChI is InChI=1S/C15H15BrN2S/c1-15(11-5-3-6-12(16)9-11)10-18-8-4-7-13(18)14(17-15)19-2/h3-9H,10H2,1-2H3. The van der Waals surface area contributed by atoms with Crippen LogP contribution in [-0.4, -0.2) is 15.9 Å². The van der Waals surface area contributed by atoms with Crippen LogP contribution in [0.4, 0.5) is 0 Å². The average molecular weight is 335 g/mol. The largest absolute Gasteiger partial charge is 0.343 e. The molecule has 2 aromatic rings. The summed E-state index contributed by atoms with van der Waals surface area (Å²) < 4.78 is 3.39. The van der Waals surface area contributed by atoms with Crippen molar-refractivity contribution >= 4 is 32.7 Å². The number of benzene rings is 1. The fraction of sp³-hybridized carbons (Fsp3) is 0.267. The second kappa shape index (κ2) is 4.84. The van der Waals surface area contributed by atoms with E-state index in [0.717, 1.165) is 16.1 Å². The lowest BCUT2D eigenvalue weighted by molar-refractivity contribution is 0.405. The van der Waals surface area contributed by atoms with E-state index in [1.807, 2.05) is 0 Å². The molecule has 1 atom stereocenters. The average Bonchev–Trinajstić information content (AvgIpc) is 2.85. The Morgan fingerprint density at radius 1 is 1.32 bits per heavy atom. The van der Waals surface area contributed by atoms with Crippen molar-refractivity contribution in [3.05, 3.63) is 58.3 Å². The highest BCUT2D eigenvalue weighted by Gasteiger charge is 2.32. The zero-order valence-electron chi connectivity index (χ0n) is 10.9. The molecular weight excluding hydrogens is 320 g/mol. The number of halogens is 1. The molecule has 19 heavy (non-hydrogen) atoms. The fourth-order valence-corrected chi connectivity index (χ4v) is 3.61. The van der Waals surface area contributed by atoms with Gasteiger partial charge in [-0.2, -0.15) is 0 Å². The first-order valence-corrected chi connectivity index (χ1v) is 8.19. The maximum absolute atomic E-state index is 5.00. The van der Waals surface area contributed by atoms with Gasteiger partial charge in [0.2, 0.25) is 0 Å². The number of thioether (sulfide) groups is 1. The smallest absolute Gasteiger partial charge is 0.115 e. The normalized spacial score (nSPS) is 21.9. The summed E-state index contributed by atoms with van der Waals surface area (Å²) in [5, 5.41) is 1.11. The highest BCUT2D eigenvalue weighted by atomic mass is 79.9. The molecule has 0 saturated heterocycles. The van der Waals surface area contributed by atoms with Gasteiger partial charge >= 0.3 is 0 Å². The third kappa shape index (κ3) is 2.28. The highest BCUT2D eigenvalue weighted by Crippen LogP contribution is 2.35. The van der Waals surface area contributed by atoms with Crippen molar-refractivity contribution in [3.63, 3.8) is 0 Å². The van der Waals surface area contributed by atoms with E-state index in [4.69, 9.17) is 4.99 Å². The van der Waals surface area contributed by atoms with E-state index in [-0.39, 0.29) is 5.54 Å². The Balaban J connectivity index is 2.11. The summed E-state index contributed by atoms with van der Waals surface area (Å²) in [5.74, 6) is 0. The molecular formula is C15H15BrN2S. The van der Waals surface area contributed by atoms with Crippen LogP contribution in [0.3, 0.4) is 0 Å². The highest BCUT2D eigenvalue weighted by molar-refractivity contribution is 9.10. The molecule has 0 fully saturated rings. The van der Waals surface area contributed by atoms with Gasteiger partial charge < -0.3 is 4.57 Å². The van der Waals surface area contributed by atoms with Crippen LogP contribution in [0.5, 0.6) is 0 Å². The van der Waals surface area contributed by atoms with Gasteiger partial charge in [0.25, 0.3) is 0 Å². The molecule has 1 unspecified atom stereocenters. The summed E-state index contributed by atoms with van der Waals surface area (Å²) in [4.78, 5) is 5.00. The quantitative estimate of drug-likeness (QED) is 0.760. The summed E-state index contributed by atoms with van der Waals surface area (Å²) in [5.41, 5.74) is 2.27. The number of hydrogen-bond donors (Lipinski definition) is 0. The second-order valence-corrected chi connectivity index (χ2v) is 6.64. The molecule has 1 aliphatic heterocycles. The minimum absolute atomic E-state index is 0.200. The summed E-state index contributed by atoms with van der Waals surface area (Å²) in [6.45, 7) is 3.09. The molecule has 98 valence electrons. The lowest BCUT2D eigenvalue weighted by atomic mass is 9.91.